The van der Waals surface area contributed by atoms with Crippen LogP contribution in [-0.2, 0) is 42.0 Å². The van der Waals surface area contributed by atoms with E-state index in [1.165, 1.54) is 5.08 Å². The van der Waals surface area contributed by atoms with Crippen LogP contribution in [0.15, 0.2) is 0 Å². The van der Waals surface area contributed by atoms with E-state index < -0.39 is 65.9 Å². The third kappa shape index (κ3) is 10.6. The van der Waals surface area contributed by atoms with Gasteiger partial charge in [-0.3, -0.25) is 27.2 Å². The molecule has 4 aliphatic rings. The second kappa shape index (κ2) is 9.86. The first kappa shape index (κ1) is 26.7. The molecule has 168 valence electrons. The quantitative estimate of drug-likeness (QED) is 0.440. The number of nitrogens with one attached hydrogen (secondary N) is 1. The van der Waals surface area contributed by atoms with Gasteiger partial charge in [-0.25, -0.2) is 21.0 Å². The molecule has 0 spiro atoms. The highest BCUT2D eigenvalue weighted by Crippen LogP contribution is 2.59. The van der Waals surface area contributed by atoms with E-state index in [4.69, 9.17) is 0 Å². The summed E-state index contributed by atoms with van der Waals surface area (Å²) in [5.74, 6) is 22.8. The minimum Gasteiger partial charge on any atom is -0.564 e. The third-order valence-corrected chi connectivity index (χ3v) is 19.5. The summed E-state index contributed by atoms with van der Waals surface area (Å²) in [6.45, 7) is 0. The number of sulfonamides is 2. The molecule has 0 bridgehead atoms. The highest BCUT2D eigenvalue weighted by molar-refractivity contribution is 8.60. The minimum atomic E-state index is -3.55. The lowest BCUT2D eigenvalue weighted by Crippen LogP contribution is -2.27. The Balaban J connectivity index is 0.000000188. The summed E-state index contributed by atoms with van der Waals surface area (Å²) in [7, 11) is -10.8. The van der Waals surface area contributed by atoms with E-state index in [-0.39, 0.29) is 26.4 Å². The zero-order valence-corrected chi connectivity index (χ0v) is 21.2. The molecule has 0 aromatic carbocycles. The van der Waals surface area contributed by atoms with Gasteiger partial charge >= 0.3 is 0 Å². The summed E-state index contributed by atoms with van der Waals surface area (Å²) in [6.07, 6.45) is 0. The molecule has 4 saturated heterocycles. The molecule has 28 heavy (non-hydrogen) atoms. The van der Waals surface area contributed by atoms with Crippen LogP contribution in [0.5, 0.6) is 0 Å². The van der Waals surface area contributed by atoms with Crippen molar-refractivity contribution in [3.05, 3.63) is 12.4 Å². The summed E-state index contributed by atoms with van der Waals surface area (Å²) in [6, 6.07) is 0. The molecule has 4 rings (SSSR count). The molecule has 10 nitrogen and oxygen atoms in total. The lowest BCUT2D eigenvalue weighted by atomic mass is 11.9. The van der Waals surface area contributed by atoms with Gasteiger partial charge in [0, 0.05) is 0 Å². The van der Waals surface area contributed by atoms with Crippen molar-refractivity contribution in [1.29, 1.82) is 0 Å². The van der Waals surface area contributed by atoms with Crippen molar-refractivity contribution >= 4 is 117 Å². The monoisotopic (exact) mass is 549 g/mol. The minimum absolute atomic E-state index is 0.250. The van der Waals surface area contributed by atoms with Crippen molar-refractivity contribution in [3.8, 4) is 0 Å². The zero-order chi connectivity index (χ0) is 22.0. The van der Waals surface area contributed by atoms with Gasteiger partial charge in [0.2, 0.25) is 0 Å². The second-order valence-corrected chi connectivity index (χ2v) is 21.4. The lowest BCUT2D eigenvalue weighted by Gasteiger charge is -2.52. The van der Waals surface area contributed by atoms with E-state index in [2.05, 4.69) is 51.7 Å². The fourth-order valence-corrected chi connectivity index (χ4v) is 14.3. The third-order valence-electron chi connectivity index (χ3n) is 2.17. The summed E-state index contributed by atoms with van der Waals surface area (Å²) >= 11 is 0. The molecule has 0 aromatic heterocycles. The van der Waals surface area contributed by atoms with Crippen molar-refractivity contribution in [2.75, 3.05) is 20.3 Å². The van der Waals surface area contributed by atoms with Gasteiger partial charge in [-0.15, -0.1) is 21.3 Å². The Morgan fingerprint density at radius 3 is 1.00 bits per heavy atom. The molecule has 4 fully saturated rings. The maximum absolute atomic E-state index is 9.96. The van der Waals surface area contributed by atoms with Gasteiger partial charge in [-0.1, -0.05) is 57.2 Å². The number of hydrogen-bond donors (Lipinski definition) is 1. The molecule has 4 aliphatic heterocycles. The van der Waals surface area contributed by atoms with Gasteiger partial charge in [0.15, 0.2) is 0 Å². The van der Waals surface area contributed by atoms with Crippen LogP contribution in [0.25, 0.3) is 12.4 Å². The Kier molecular flexibility index (Phi) is 9.40. The SMILES string of the molecule is C=S1(=C)CS(=C)(=C)[N-]1.C=S1CS(=C)N1.O=S1(=O)CS(=O)(=O)[N-]1.O=S1CS(=O)[N-]1. The van der Waals surface area contributed by atoms with Gasteiger partial charge in [-0.2, -0.15) is 0 Å². The van der Waals surface area contributed by atoms with E-state index in [9.17, 15) is 25.3 Å². The normalized spacial score (nSPS) is 36.9. The Morgan fingerprint density at radius 2 is 1.00 bits per heavy atom. The van der Waals surface area contributed by atoms with Gasteiger partial charge in [0.1, 0.15) is 5.08 Å². The lowest BCUT2D eigenvalue weighted by molar-refractivity contribution is 0.586. The molecule has 1 N–H and O–H groups in total. The molecular formula is C10H21N4O6S8-3. The van der Waals surface area contributed by atoms with E-state index in [1.807, 2.05) is 0 Å². The van der Waals surface area contributed by atoms with Crippen molar-refractivity contribution in [2.24, 2.45) is 0 Å². The van der Waals surface area contributed by atoms with E-state index in [0.29, 0.717) is 0 Å². The summed E-state index contributed by atoms with van der Waals surface area (Å²) < 4.78 is 72.5. The van der Waals surface area contributed by atoms with Crippen molar-refractivity contribution in [3.63, 3.8) is 0 Å². The van der Waals surface area contributed by atoms with Crippen LogP contribution < -0.4 is 4.13 Å². The van der Waals surface area contributed by atoms with Crippen LogP contribution in [0.2, 0.25) is 0 Å². The first-order chi connectivity index (χ1) is 12.4. The molecule has 0 aromatic rings. The largest absolute Gasteiger partial charge is 0.564 e. The van der Waals surface area contributed by atoms with Crippen LogP contribution in [0.3, 0.4) is 0 Å². The molecule has 0 amide bonds. The number of rotatable bonds is 0. The second-order valence-electron chi connectivity index (χ2n) is 5.57. The molecule has 18 heteroatoms. The predicted octanol–water partition coefficient (Wildman–Crippen LogP) is 0.927. The Labute approximate surface area is 178 Å². The average molecular weight is 550 g/mol. The molecule has 2 atom stereocenters. The smallest absolute Gasteiger partial charge is 0.119 e. The van der Waals surface area contributed by atoms with Gasteiger partial charge in [0.25, 0.3) is 0 Å². The van der Waals surface area contributed by atoms with Gasteiger partial charge in [-0.05, 0) is 5.08 Å². The van der Waals surface area contributed by atoms with Crippen LogP contribution in [0, 0.1) is 0 Å². The van der Waals surface area contributed by atoms with Crippen LogP contribution in [0.4, 0.5) is 0 Å². The van der Waals surface area contributed by atoms with Crippen LogP contribution >= 0.6 is 40.1 Å². The van der Waals surface area contributed by atoms with E-state index in [1.54, 1.807) is 0 Å². The molecule has 2 unspecified atom stereocenters. The van der Waals surface area contributed by atoms with Crippen LogP contribution in [0.1, 0.15) is 0 Å². The van der Waals surface area contributed by atoms with Gasteiger partial charge in [0.05, 0.1) is 30.2 Å². The maximum atomic E-state index is 9.96. The molecule has 0 radical (unpaired) electrons. The molecular weight excluding hydrogens is 529 g/mol. The van der Waals surface area contributed by atoms with Crippen molar-refractivity contribution in [1.82, 2.24) is 4.13 Å². The molecule has 0 aliphatic carbocycles. The standard InChI is InChI=1S/C5H10NS2.C3H7NS2.CH2NO4S2.CH2NO2S2/c1-7(2)5-8(3,4)6-7;1-5-3-6(2)4-5;3-7(4)1-8(5,6)2-7;3-5-1-6(4)2-5/h1-5H2;4H,1-3H2;1H2;1H2/q-1;;2*-1. The fourth-order valence-electron chi connectivity index (χ4n) is 1.59. The first-order valence-corrected chi connectivity index (χ1v) is 19.6. The fraction of sp³-hybridized carbons (Fsp3) is 0.400. The Hall–Kier alpha value is 0.660. The van der Waals surface area contributed by atoms with Crippen LogP contribution in [-0.4, -0.2) is 80.8 Å². The molecule has 4 heterocycles. The maximum Gasteiger partial charge on any atom is 0.119 e. The van der Waals surface area contributed by atoms with E-state index >= 15 is 0 Å². The summed E-state index contributed by atoms with van der Waals surface area (Å²) in [5.41, 5.74) is 0. The van der Waals surface area contributed by atoms with E-state index in [0.717, 1.165) is 5.08 Å². The highest BCUT2D eigenvalue weighted by atomic mass is 32.3. The van der Waals surface area contributed by atoms with Crippen molar-refractivity contribution in [2.45, 2.75) is 0 Å². The summed E-state index contributed by atoms with van der Waals surface area (Å²) in [4.78, 5) is 0. The van der Waals surface area contributed by atoms with Crippen molar-refractivity contribution < 1.29 is 25.3 Å². The summed E-state index contributed by atoms with van der Waals surface area (Å²) in [5, 5.41) is 1.58. The Bertz CT molecular complexity index is 902. The molecule has 0 saturated carbocycles. The predicted molar refractivity (Wildman–Crippen MR) is 140 cm³/mol. The number of nitrogens with zero attached hydrogens (tertiary/aromatic N) is 3. The highest BCUT2D eigenvalue weighted by Gasteiger charge is 2.22. The Morgan fingerprint density at radius 1 is 0.714 bits per heavy atom. The first-order valence-electron chi connectivity index (χ1n) is 6.55. The zero-order valence-electron chi connectivity index (χ0n) is 14.6. The average Bonchev–Trinajstić information content (AvgIpc) is 2.31. The number of hydrogen-bond acceptors (Lipinski definition) is 7. The van der Waals surface area contributed by atoms with Gasteiger partial charge < -0.3 is 12.4 Å². The topological polar surface area (TPSA) is 157 Å².